The quantitative estimate of drug-likeness (QED) is 0.470. The Balaban J connectivity index is 1.74. The van der Waals surface area contributed by atoms with Crippen molar-refractivity contribution in [2.24, 2.45) is 5.18 Å². The van der Waals surface area contributed by atoms with Crippen molar-refractivity contribution in [3.63, 3.8) is 0 Å². The highest BCUT2D eigenvalue weighted by Gasteiger charge is 2.36. The van der Waals surface area contributed by atoms with Gasteiger partial charge in [-0.05, 0) is 53.8 Å². The Morgan fingerprint density at radius 2 is 1.68 bits per heavy atom. The van der Waals surface area contributed by atoms with Crippen molar-refractivity contribution >= 4 is 11.7 Å². The fourth-order valence-corrected chi connectivity index (χ4v) is 3.45. The van der Waals surface area contributed by atoms with Gasteiger partial charge in [-0.15, -0.1) is 0 Å². The summed E-state index contributed by atoms with van der Waals surface area (Å²) < 4.78 is 77.7. The zero-order valence-electron chi connectivity index (χ0n) is 15.9. The summed E-state index contributed by atoms with van der Waals surface area (Å²) in [7, 11) is 0. The van der Waals surface area contributed by atoms with Crippen LogP contribution in [0.5, 0.6) is 0 Å². The molecule has 166 valence electrons. The van der Waals surface area contributed by atoms with Crippen molar-refractivity contribution in [1.82, 2.24) is 5.32 Å². The standard InChI is InChI=1S/C20H17F6N3O2/c21-19(22,23)13-6-11(7-14(8-13)20(24,25)26)10-27-18(30)28-17-3-1-2-12-4-5-15(29-31)9-16(12)17/h1-3,6-8,15H,4-5,9-10H2,(H2,27,28,30). The summed E-state index contributed by atoms with van der Waals surface area (Å²) in [6.45, 7) is -0.549. The van der Waals surface area contributed by atoms with Gasteiger partial charge in [0.2, 0.25) is 0 Å². The number of carbonyl (C=O) groups excluding carboxylic acids is 1. The molecule has 0 saturated heterocycles. The minimum absolute atomic E-state index is 0.0251. The van der Waals surface area contributed by atoms with E-state index in [1.54, 1.807) is 12.1 Å². The summed E-state index contributed by atoms with van der Waals surface area (Å²) in [5.41, 5.74) is -1.19. The fourth-order valence-electron chi connectivity index (χ4n) is 3.45. The second kappa shape index (κ2) is 8.56. The zero-order chi connectivity index (χ0) is 22.8. The van der Waals surface area contributed by atoms with E-state index in [-0.39, 0.29) is 11.6 Å². The number of nitrogens with zero attached hydrogens (tertiary/aromatic N) is 1. The van der Waals surface area contributed by atoms with Crippen molar-refractivity contribution in [2.75, 3.05) is 5.32 Å². The molecule has 1 atom stereocenters. The molecule has 0 spiro atoms. The number of nitroso groups, excluding NO2 is 1. The number of anilines is 1. The van der Waals surface area contributed by atoms with Gasteiger partial charge in [-0.2, -0.15) is 31.2 Å². The molecule has 0 saturated carbocycles. The molecule has 0 heterocycles. The Morgan fingerprint density at radius 3 is 2.26 bits per heavy atom. The molecule has 2 aromatic rings. The van der Waals surface area contributed by atoms with Gasteiger partial charge in [0.1, 0.15) is 0 Å². The Hall–Kier alpha value is -3.11. The van der Waals surface area contributed by atoms with E-state index < -0.39 is 42.1 Å². The molecule has 2 aromatic carbocycles. The van der Waals surface area contributed by atoms with Gasteiger partial charge >= 0.3 is 18.4 Å². The van der Waals surface area contributed by atoms with Crippen LogP contribution in [0.25, 0.3) is 0 Å². The van der Waals surface area contributed by atoms with Crippen LogP contribution in [0.2, 0.25) is 0 Å². The van der Waals surface area contributed by atoms with Gasteiger partial charge in [0, 0.05) is 18.7 Å². The summed E-state index contributed by atoms with van der Waals surface area (Å²) in [4.78, 5) is 23.1. The molecule has 0 aliphatic heterocycles. The van der Waals surface area contributed by atoms with Gasteiger partial charge < -0.3 is 10.6 Å². The number of hydrogen-bond donors (Lipinski definition) is 2. The van der Waals surface area contributed by atoms with Crippen molar-refractivity contribution in [3.8, 4) is 0 Å². The number of aryl methyl sites for hydroxylation is 1. The maximum absolute atomic E-state index is 12.9. The van der Waals surface area contributed by atoms with Crippen LogP contribution in [0.1, 0.15) is 34.2 Å². The van der Waals surface area contributed by atoms with Gasteiger partial charge in [0.25, 0.3) is 0 Å². The number of nitrogens with one attached hydrogen (secondary N) is 2. The summed E-state index contributed by atoms with van der Waals surface area (Å²) in [5, 5.41) is 7.84. The highest BCUT2D eigenvalue weighted by Crippen LogP contribution is 2.36. The van der Waals surface area contributed by atoms with E-state index in [2.05, 4.69) is 15.8 Å². The number of amides is 2. The summed E-state index contributed by atoms with van der Waals surface area (Å²) >= 11 is 0. The SMILES string of the molecule is O=NC1CCc2cccc(NC(=O)NCc3cc(C(F)(F)F)cc(C(F)(F)F)c3)c2C1. The van der Waals surface area contributed by atoms with E-state index in [1.807, 2.05) is 6.07 Å². The van der Waals surface area contributed by atoms with Crippen LogP contribution in [-0.4, -0.2) is 12.1 Å². The molecule has 0 bridgehead atoms. The molecule has 0 aromatic heterocycles. The molecule has 2 N–H and O–H groups in total. The summed E-state index contributed by atoms with van der Waals surface area (Å²) in [5.74, 6) is 0. The average molecular weight is 445 g/mol. The predicted octanol–water partition coefficient (Wildman–Crippen LogP) is 5.67. The molecular weight excluding hydrogens is 428 g/mol. The van der Waals surface area contributed by atoms with Crippen molar-refractivity contribution in [1.29, 1.82) is 0 Å². The van der Waals surface area contributed by atoms with Crippen LogP contribution in [0.4, 0.5) is 36.8 Å². The molecule has 0 fully saturated rings. The Kier molecular flexibility index (Phi) is 6.23. The highest BCUT2D eigenvalue weighted by molar-refractivity contribution is 5.90. The zero-order valence-corrected chi connectivity index (χ0v) is 15.9. The lowest BCUT2D eigenvalue weighted by Gasteiger charge is -2.22. The minimum Gasteiger partial charge on any atom is -0.334 e. The molecule has 1 aliphatic carbocycles. The van der Waals surface area contributed by atoms with E-state index in [9.17, 15) is 36.0 Å². The number of carbonyl (C=O) groups is 1. The van der Waals surface area contributed by atoms with Crippen LogP contribution in [0, 0.1) is 4.91 Å². The molecule has 3 rings (SSSR count). The topological polar surface area (TPSA) is 70.6 Å². The number of halogens is 6. The van der Waals surface area contributed by atoms with Gasteiger partial charge in [-0.25, -0.2) is 4.79 Å². The van der Waals surface area contributed by atoms with Crippen LogP contribution in [0.3, 0.4) is 0 Å². The minimum atomic E-state index is -4.97. The number of urea groups is 1. The van der Waals surface area contributed by atoms with Crippen LogP contribution in [0.15, 0.2) is 41.6 Å². The molecule has 1 unspecified atom stereocenters. The molecule has 1 aliphatic rings. The number of fused-ring (bicyclic) bond motifs is 1. The molecule has 31 heavy (non-hydrogen) atoms. The van der Waals surface area contributed by atoms with E-state index in [4.69, 9.17) is 0 Å². The Labute approximate surface area is 172 Å². The Morgan fingerprint density at radius 1 is 1.03 bits per heavy atom. The Bertz CT molecular complexity index is 956. The van der Waals surface area contributed by atoms with Crippen LogP contribution < -0.4 is 10.6 Å². The van der Waals surface area contributed by atoms with E-state index in [1.165, 1.54) is 0 Å². The first kappa shape index (κ1) is 22.6. The predicted molar refractivity (Wildman–Crippen MR) is 100 cm³/mol. The van der Waals surface area contributed by atoms with E-state index in [0.29, 0.717) is 37.1 Å². The molecular formula is C20H17F6N3O2. The van der Waals surface area contributed by atoms with Crippen LogP contribution >= 0.6 is 0 Å². The third kappa shape index (κ3) is 5.53. The lowest BCUT2D eigenvalue weighted by Crippen LogP contribution is -2.30. The van der Waals surface area contributed by atoms with Crippen molar-refractivity contribution in [2.45, 2.75) is 44.2 Å². The smallest absolute Gasteiger partial charge is 0.334 e. The van der Waals surface area contributed by atoms with E-state index >= 15 is 0 Å². The van der Waals surface area contributed by atoms with E-state index in [0.717, 1.165) is 11.1 Å². The number of rotatable bonds is 4. The van der Waals surface area contributed by atoms with Crippen molar-refractivity contribution in [3.05, 3.63) is 69.1 Å². The van der Waals surface area contributed by atoms with Crippen molar-refractivity contribution < 1.29 is 31.1 Å². The average Bonchev–Trinajstić information content (AvgIpc) is 2.70. The second-order valence-electron chi connectivity index (χ2n) is 7.17. The lowest BCUT2D eigenvalue weighted by molar-refractivity contribution is -0.143. The summed E-state index contributed by atoms with van der Waals surface area (Å²) in [6.07, 6.45) is -8.41. The molecule has 2 amide bonds. The maximum atomic E-state index is 12.9. The third-order valence-electron chi connectivity index (χ3n) is 4.96. The van der Waals surface area contributed by atoms with Gasteiger partial charge in [-0.3, -0.25) is 0 Å². The van der Waals surface area contributed by atoms with Crippen LogP contribution in [-0.2, 0) is 31.7 Å². The second-order valence-corrected chi connectivity index (χ2v) is 7.17. The number of benzene rings is 2. The molecule has 0 radical (unpaired) electrons. The van der Waals surface area contributed by atoms with Gasteiger partial charge in [-0.1, -0.05) is 17.3 Å². The molecule has 11 heteroatoms. The van der Waals surface area contributed by atoms with Gasteiger partial charge in [0.05, 0.1) is 17.2 Å². The highest BCUT2D eigenvalue weighted by atomic mass is 19.4. The fraction of sp³-hybridized carbons (Fsp3) is 0.350. The first-order valence-electron chi connectivity index (χ1n) is 9.24. The van der Waals surface area contributed by atoms with Gasteiger partial charge in [0.15, 0.2) is 0 Å². The lowest BCUT2D eigenvalue weighted by atomic mass is 9.87. The number of alkyl halides is 6. The largest absolute Gasteiger partial charge is 0.416 e. The first-order chi connectivity index (χ1) is 14.5. The number of hydrogen-bond acceptors (Lipinski definition) is 3. The monoisotopic (exact) mass is 445 g/mol. The molecule has 5 nitrogen and oxygen atoms in total. The maximum Gasteiger partial charge on any atom is 0.416 e. The normalized spacial score (nSPS) is 16.4. The first-order valence-corrected chi connectivity index (χ1v) is 9.24. The summed E-state index contributed by atoms with van der Waals surface area (Å²) in [6, 6.07) is 5.05. The third-order valence-corrected chi connectivity index (χ3v) is 4.96.